The summed E-state index contributed by atoms with van der Waals surface area (Å²) >= 11 is 0. The van der Waals surface area contributed by atoms with Gasteiger partial charge < -0.3 is 10.0 Å². The van der Waals surface area contributed by atoms with Crippen molar-refractivity contribution in [3.05, 3.63) is 70.9 Å². The Kier molecular flexibility index (Phi) is 5.70. The molecule has 2 heterocycles. The molecule has 0 atom stereocenters. The van der Waals surface area contributed by atoms with Crippen LogP contribution in [0.4, 0.5) is 5.69 Å². The maximum Gasteiger partial charge on any atom is 0.282 e. The maximum absolute atomic E-state index is 13.6. The van der Waals surface area contributed by atoms with Gasteiger partial charge in [-0.1, -0.05) is 36.4 Å². The van der Waals surface area contributed by atoms with Gasteiger partial charge in [0, 0.05) is 32.7 Å². The number of amides is 2. The molecular weight excluding hydrogens is 378 g/mol. The minimum absolute atomic E-state index is 0.121. The Bertz CT molecular complexity index is 972. The molecule has 6 nitrogen and oxygen atoms in total. The van der Waals surface area contributed by atoms with Gasteiger partial charge in [0.15, 0.2) is 0 Å². The lowest BCUT2D eigenvalue weighted by molar-refractivity contribution is -0.120. The normalized spacial score (nSPS) is 18.0. The van der Waals surface area contributed by atoms with E-state index in [9.17, 15) is 14.7 Å². The number of benzene rings is 2. The molecule has 2 aromatic rings. The SMILES string of the molecule is Cc1cc(C)cc(N2C(=O)C(c3ccccc3)=C(N3CCN(CCO)CC3)C2=O)c1. The number of aliphatic hydroxyl groups is 1. The number of carbonyl (C=O) groups excluding carboxylic acids is 2. The highest BCUT2D eigenvalue weighted by Crippen LogP contribution is 2.35. The van der Waals surface area contributed by atoms with Gasteiger partial charge in [-0.15, -0.1) is 0 Å². The molecule has 0 unspecified atom stereocenters. The van der Waals surface area contributed by atoms with Crippen molar-refractivity contribution < 1.29 is 14.7 Å². The number of carbonyl (C=O) groups is 2. The summed E-state index contributed by atoms with van der Waals surface area (Å²) in [5.74, 6) is -0.538. The third kappa shape index (κ3) is 3.76. The Morgan fingerprint density at radius 3 is 2.10 bits per heavy atom. The highest BCUT2D eigenvalue weighted by Gasteiger charge is 2.43. The number of anilines is 1. The van der Waals surface area contributed by atoms with Crippen LogP contribution in [-0.2, 0) is 9.59 Å². The number of β-amino-alcohol motifs (C(OH)–C–C–N with tert-alkyl or cyclic N) is 1. The first-order chi connectivity index (χ1) is 14.5. The fraction of sp³-hybridized carbons (Fsp3) is 0.333. The van der Waals surface area contributed by atoms with Crippen molar-refractivity contribution in [1.29, 1.82) is 0 Å². The van der Waals surface area contributed by atoms with Gasteiger partial charge in [0.1, 0.15) is 5.70 Å². The summed E-state index contributed by atoms with van der Waals surface area (Å²) in [6.45, 7) is 7.46. The minimum Gasteiger partial charge on any atom is -0.395 e. The van der Waals surface area contributed by atoms with Crippen molar-refractivity contribution in [3.63, 3.8) is 0 Å². The second-order valence-electron chi connectivity index (χ2n) is 7.93. The van der Waals surface area contributed by atoms with Gasteiger partial charge in [0.2, 0.25) is 0 Å². The average molecular weight is 405 g/mol. The first kappa shape index (κ1) is 20.3. The van der Waals surface area contributed by atoms with Crippen LogP contribution in [0.5, 0.6) is 0 Å². The van der Waals surface area contributed by atoms with Crippen LogP contribution in [0, 0.1) is 13.8 Å². The molecule has 1 saturated heterocycles. The van der Waals surface area contributed by atoms with E-state index in [1.165, 1.54) is 4.90 Å². The predicted octanol–water partition coefficient (Wildman–Crippen LogP) is 2.20. The van der Waals surface area contributed by atoms with Crippen molar-refractivity contribution in [2.45, 2.75) is 13.8 Å². The second kappa shape index (κ2) is 8.42. The molecule has 2 aliphatic rings. The third-order valence-corrected chi connectivity index (χ3v) is 5.69. The molecule has 2 aliphatic heterocycles. The molecule has 0 aliphatic carbocycles. The van der Waals surface area contributed by atoms with Crippen molar-refractivity contribution >= 4 is 23.1 Å². The van der Waals surface area contributed by atoms with Crippen molar-refractivity contribution in [3.8, 4) is 0 Å². The van der Waals surface area contributed by atoms with Crippen LogP contribution in [0.15, 0.2) is 54.2 Å². The van der Waals surface area contributed by atoms with Gasteiger partial charge in [-0.05, 0) is 42.7 Å². The number of hydrogen-bond donors (Lipinski definition) is 1. The smallest absolute Gasteiger partial charge is 0.282 e. The first-order valence-electron chi connectivity index (χ1n) is 10.3. The van der Waals surface area contributed by atoms with Crippen molar-refractivity contribution in [2.24, 2.45) is 0 Å². The van der Waals surface area contributed by atoms with E-state index in [2.05, 4.69) is 4.90 Å². The van der Waals surface area contributed by atoms with E-state index in [-0.39, 0.29) is 18.4 Å². The predicted molar refractivity (Wildman–Crippen MR) is 117 cm³/mol. The van der Waals surface area contributed by atoms with Gasteiger partial charge in [-0.25, -0.2) is 4.90 Å². The van der Waals surface area contributed by atoms with E-state index in [0.717, 1.165) is 29.8 Å². The summed E-state index contributed by atoms with van der Waals surface area (Å²) in [6.07, 6.45) is 0. The lowest BCUT2D eigenvalue weighted by atomic mass is 10.0. The largest absolute Gasteiger partial charge is 0.395 e. The van der Waals surface area contributed by atoms with Crippen LogP contribution in [0.3, 0.4) is 0 Å². The molecule has 2 aromatic carbocycles. The Hall–Kier alpha value is -2.96. The zero-order valence-corrected chi connectivity index (χ0v) is 17.5. The summed E-state index contributed by atoms with van der Waals surface area (Å²) in [4.78, 5) is 32.6. The number of rotatable bonds is 5. The van der Waals surface area contributed by atoms with Gasteiger partial charge in [0.25, 0.3) is 11.8 Å². The number of hydrogen-bond acceptors (Lipinski definition) is 5. The molecular formula is C24H27N3O3. The summed E-state index contributed by atoms with van der Waals surface area (Å²) in [6, 6.07) is 15.2. The summed E-state index contributed by atoms with van der Waals surface area (Å²) in [5.41, 5.74) is 4.35. The molecule has 0 radical (unpaired) electrons. The van der Waals surface area contributed by atoms with Gasteiger partial charge in [-0.3, -0.25) is 14.5 Å². The fourth-order valence-corrected chi connectivity index (χ4v) is 4.33. The van der Waals surface area contributed by atoms with E-state index >= 15 is 0 Å². The molecule has 1 N–H and O–H groups in total. The molecule has 2 amide bonds. The van der Waals surface area contributed by atoms with Gasteiger partial charge in [-0.2, -0.15) is 0 Å². The number of nitrogens with zero attached hydrogens (tertiary/aromatic N) is 3. The molecule has 1 fully saturated rings. The summed E-state index contributed by atoms with van der Waals surface area (Å²) < 4.78 is 0. The first-order valence-corrected chi connectivity index (χ1v) is 10.3. The lowest BCUT2D eigenvalue weighted by Crippen LogP contribution is -2.48. The van der Waals surface area contributed by atoms with Crippen molar-refractivity contribution in [2.75, 3.05) is 44.2 Å². The molecule has 30 heavy (non-hydrogen) atoms. The molecule has 0 aromatic heterocycles. The summed E-state index contributed by atoms with van der Waals surface area (Å²) in [5, 5.41) is 9.20. The van der Waals surface area contributed by atoms with Crippen LogP contribution >= 0.6 is 0 Å². The quantitative estimate of drug-likeness (QED) is 0.773. The molecule has 0 saturated carbocycles. The highest BCUT2D eigenvalue weighted by atomic mass is 16.3. The van der Waals surface area contributed by atoms with Crippen LogP contribution in [0.2, 0.25) is 0 Å². The van der Waals surface area contributed by atoms with Crippen LogP contribution in [-0.4, -0.2) is 66.1 Å². The Balaban J connectivity index is 1.74. The summed E-state index contributed by atoms with van der Waals surface area (Å²) in [7, 11) is 0. The minimum atomic E-state index is -0.274. The standard InChI is InChI=1S/C24H27N3O3/c1-17-14-18(2)16-20(15-17)27-23(29)21(19-6-4-3-5-7-19)22(24(27)30)26-10-8-25(9-11-26)12-13-28/h3-7,14-16,28H,8-13H2,1-2H3. The zero-order valence-electron chi connectivity index (χ0n) is 17.5. The topological polar surface area (TPSA) is 64.1 Å². The Morgan fingerprint density at radius 1 is 0.867 bits per heavy atom. The Labute approximate surface area is 177 Å². The fourth-order valence-electron chi connectivity index (χ4n) is 4.33. The second-order valence-corrected chi connectivity index (χ2v) is 7.93. The highest BCUT2D eigenvalue weighted by molar-refractivity contribution is 6.45. The van der Waals surface area contributed by atoms with E-state index in [4.69, 9.17) is 0 Å². The van der Waals surface area contributed by atoms with Crippen LogP contribution in [0.1, 0.15) is 16.7 Å². The molecule has 4 rings (SSSR count). The molecule has 0 spiro atoms. The number of aryl methyl sites for hydroxylation is 2. The molecule has 156 valence electrons. The monoisotopic (exact) mass is 405 g/mol. The lowest BCUT2D eigenvalue weighted by Gasteiger charge is -2.36. The van der Waals surface area contributed by atoms with Crippen molar-refractivity contribution in [1.82, 2.24) is 9.80 Å². The van der Waals surface area contributed by atoms with E-state index < -0.39 is 0 Å². The molecule has 6 heteroatoms. The maximum atomic E-state index is 13.6. The zero-order chi connectivity index (χ0) is 21.3. The number of imide groups is 1. The van der Waals surface area contributed by atoms with E-state index in [0.29, 0.717) is 36.6 Å². The third-order valence-electron chi connectivity index (χ3n) is 5.69. The van der Waals surface area contributed by atoms with Crippen LogP contribution in [0.25, 0.3) is 5.57 Å². The van der Waals surface area contributed by atoms with Gasteiger partial charge >= 0.3 is 0 Å². The average Bonchev–Trinajstić information content (AvgIpc) is 2.99. The Morgan fingerprint density at radius 2 is 1.50 bits per heavy atom. The van der Waals surface area contributed by atoms with E-state index in [1.807, 2.05) is 67.3 Å². The van der Waals surface area contributed by atoms with Crippen LogP contribution < -0.4 is 4.90 Å². The van der Waals surface area contributed by atoms with Gasteiger partial charge in [0.05, 0.1) is 17.9 Å². The van der Waals surface area contributed by atoms with E-state index in [1.54, 1.807) is 0 Å². The molecule has 0 bridgehead atoms. The number of piperazine rings is 1. The number of aliphatic hydroxyl groups excluding tert-OH is 1.